The van der Waals surface area contributed by atoms with E-state index >= 15 is 0 Å². The minimum absolute atomic E-state index is 0.00758. The molecule has 0 spiro atoms. The molecule has 0 aliphatic carbocycles. The molecule has 1 aliphatic rings. The van der Waals surface area contributed by atoms with Crippen LogP contribution >= 0.6 is 0 Å². The van der Waals surface area contributed by atoms with Crippen LogP contribution in [0.2, 0.25) is 0 Å². The molecule has 1 unspecified atom stereocenters. The molecule has 5 heteroatoms. The van der Waals surface area contributed by atoms with Crippen molar-refractivity contribution in [3.05, 3.63) is 35.6 Å². The van der Waals surface area contributed by atoms with E-state index in [1.807, 2.05) is 13.8 Å². The molecule has 1 aromatic carbocycles. The lowest BCUT2D eigenvalue weighted by molar-refractivity contribution is -0.127. The van der Waals surface area contributed by atoms with E-state index < -0.39 is 0 Å². The lowest BCUT2D eigenvalue weighted by Crippen LogP contribution is -2.37. The Balaban J connectivity index is 1.79. The van der Waals surface area contributed by atoms with E-state index in [2.05, 4.69) is 5.32 Å². The number of nitrogens with zero attached hydrogens (tertiary/aromatic N) is 1. The predicted molar refractivity (Wildman–Crippen MR) is 82.7 cm³/mol. The third kappa shape index (κ3) is 4.83. The van der Waals surface area contributed by atoms with Crippen molar-refractivity contribution in [2.45, 2.75) is 39.2 Å². The molecule has 1 fully saturated rings. The highest BCUT2D eigenvalue weighted by atomic mass is 19.1. The Bertz CT molecular complexity index is 528. The van der Waals surface area contributed by atoms with E-state index in [9.17, 15) is 14.0 Å². The summed E-state index contributed by atoms with van der Waals surface area (Å²) in [4.78, 5) is 25.5. The Morgan fingerprint density at radius 2 is 2.05 bits per heavy atom. The molecule has 0 aromatic heterocycles. The Hall–Kier alpha value is -1.91. The lowest BCUT2D eigenvalue weighted by Gasteiger charge is -2.17. The zero-order valence-electron chi connectivity index (χ0n) is 13.1. The fourth-order valence-corrected chi connectivity index (χ4v) is 2.66. The highest BCUT2D eigenvalue weighted by Crippen LogP contribution is 2.13. The molecule has 1 aromatic rings. The third-order valence-corrected chi connectivity index (χ3v) is 3.76. The monoisotopic (exact) mass is 306 g/mol. The molecule has 0 saturated carbocycles. The third-order valence-electron chi connectivity index (χ3n) is 3.76. The van der Waals surface area contributed by atoms with Crippen LogP contribution in [0.1, 0.15) is 32.3 Å². The van der Waals surface area contributed by atoms with Crippen LogP contribution in [0, 0.1) is 11.7 Å². The van der Waals surface area contributed by atoms with Crippen molar-refractivity contribution in [2.24, 2.45) is 5.92 Å². The van der Waals surface area contributed by atoms with Gasteiger partial charge in [-0.15, -0.1) is 0 Å². The van der Waals surface area contributed by atoms with Gasteiger partial charge < -0.3 is 10.2 Å². The van der Waals surface area contributed by atoms with Gasteiger partial charge in [0.1, 0.15) is 5.82 Å². The average Bonchev–Trinajstić information content (AvgIpc) is 2.77. The van der Waals surface area contributed by atoms with Gasteiger partial charge in [0.15, 0.2) is 0 Å². The molecular formula is C17H23FN2O2. The number of carbonyl (C=O) groups is 2. The Labute approximate surface area is 130 Å². The molecule has 1 atom stereocenters. The van der Waals surface area contributed by atoms with E-state index in [-0.39, 0.29) is 23.7 Å². The zero-order valence-corrected chi connectivity index (χ0v) is 13.1. The molecule has 2 rings (SSSR count). The number of benzene rings is 1. The molecule has 1 aliphatic heterocycles. The van der Waals surface area contributed by atoms with Crippen LogP contribution in [-0.4, -0.2) is 35.8 Å². The van der Waals surface area contributed by atoms with Crippen LogP contribution in [-0.2, 0) is 16.0 Å². The van der Waals surface area contributed by atoms with E-state index in [1.165, 1.54) is 12.1 Å². The molecule has 0 radical (unpaired) electrons. The number of carbonyl (C=O) groups excluding carboxylic acids is 2. The van der Waals surface area contributed by atoms with Crippen molar-refractivity contribution in [1.29, 1.82) is 0 Å². The number of likely N-dealkylation sites (tertiary alicyclic amines) is 1. The van der Waals surface area contributed by atoms with Gasteiger partial charge in [0.25, 0.3) is 0 Å². The number of hydrogen-bond acceptors (Lipinski definition) is 2. The van der Waals surface area contributed by atoms with E-state index in [0.717, 1.165) is 5.56 Å². The Morgan fingerprint density at radius 1 is 1.36 bits per heavy atom. The van der Waals surface area contributed by atoms with E-state index in [0.29, 0.717) is 38.3 Å². The fraction of sp³-hybridized carbons (Fsp3) is 0.529. The normalized spacial score (nSPS) is 18.1. The van der Waals surface area contributed by atoms with E-state index in [1.54, 1.807) is 17.0 Å². The first-order valence-corrected chi connectivity index (χ1v) is 7.75. The summed E-state index contributed by atoms with van der Waals surface area (Å²) in [5, 5.41) is 2.93. The van der Waals surface area contributed by atoms with Gasteiger partial charge in [-0.25, -0.2) is 4.39 Å². The van der Waals surface area contributed by atoms with Crippen molar-refractivity contribution in [2.75, 3.05) is 13.1 Å². The Morgan fingerprint density at radius 3 is 2.68 bits per heavy atom. The van der Waals surface area contributed by atoms with Crippen molar-refractivity contribution in [3.63, 3.8) is 0 Å². The molecular weight excluding hydrogens is 283 g/mol. The number of amides is 2. The first kappa shape index (κ1) is 16.5. The van der Waals surface area contributed by atoms with Gasteiger partial charge in [0, 0.05) is 25.9 Å². The van der Waals surface area contributed by atoms with Gasteiger partial charge in [-0.1, -0.05) is 26.0 Å². The van der Waals surface area contributed by atoms with Gasteiger partial charge in [-0.3, -0.25) is 9.59 Å². The topological polar surface area (TPSA) is 49.4 Å². The van der Waals surface area contributed by atoms with Crippen LogP contribution < -0.4 is 5.32 Å². The molecule has 4 nitrogen and oxygen atoms in total. The molecule has 1 N–H and O–H groups in total. The SMILES string of the molecule is CC(C)CC(=O)NC1CC(=O)N(CCc2ccc(F)cc2)C1. The molecule has 1 heterocycles. The second-order valence-electron chi connectivity index (χ2n) is 6.28. The highest BCUT2D eigenvalue weighted by Gasteiger charge is 2.30. The second-order valence-corrected chi connectivity index (χ2v) is 6.28. The van der Waals surface area contributed by atoms with Crippen LogP contribution in [0.4, 0.5) is 4.39 Å². The van der Waals surface area contributed by atoms with Gasteiger partial charge in [-0.2, -0.15) is 0 Å². The summed E-state index contributed by atoms with van der Waals surface area (Å²) in [6.07, 6.45) is 1.55. The molecule has 120 valence electrons. The summed E-state index contributed by atoms with van der Waals surface area (Å²) in [7, 11) is 0. The smallest absolute Gasteiger partial charge is 0.224 e. The van der Waals surface area contributed by atoms with Gasteiger partial charge in [0.2, 0.25) is 11.8 Å². The van der Waals surface area contributed by atoms with Gasteiger partial charge in [-0.05, 0) is 30.0 Å². The maximum atomic E-state index is 12.8. The van der Waals surface area contributed by atoms with Crippen LogP contribution in [0.5, 0.6) is 0 Å². The number of nitrogens with one attached hydrogen (secondary N) is 1. The van der Waals surface area contributed by atoms with Crippen LogP contribution in [0.25, 0.3) is 0 Å². The highest BCUT2D eigenvalue weighted by molar-refractivity contribution is 5.82. The molecule has 1 saturated heterocycles. The first-order chi connectivity index (χ1) is 10.4. The van der Waals surface area contributed by atoms with Gasteiger partial charge >= 0.3 is 0 Å². The summed E-state index contributed by atoms with van der Waals surface area (Å²) in [5.74, 6) is 0.130. The van der Waals surface area contributed by atoms with Gasteiger partial charge in [0.05, 0.1) is 6.04 Å². The van der Waals surface area contributed by atoms with Crippen molar-refractivity contribution in [3.8, 4) is 0 Å². The van der Waals surface area contributed by atoms with E-state index in [4.69, 9.17) is 0 Å². The molecule has 2 amide bonds. The lowest BCUT2D eigenvalue weighted by atomic mass is 10.1. The fourth-order valence-electron chi connectivity index (χ4n) is 2.66. The minimum atomic E-state index is -0.256. The Kier molecular flexibility index (Phi) is 5.52. The van der Waals surface area contributed by atoms with Crippen molar-refractivity contribution in [1.82, 2.24) is 10.2 Å². The largest absolute Gasteiger partial charge is 0.351 e. The standard InChI is InChI=1S/C17H23FN2O2/c1-12(2)9-16(21)19-15-10-17(22)20(11-15)8-7-13-3-5-14(18)6-4-13/h3-6,12,15H,7-11H2,1-2H3,(H,19,21). The number of hydrogen-bond donors (Lipinski definition) is 1. The predicted octanol–water partition coefficient (Wildman–Crippen LogP) is 2.13. The average molecular weight is 306 g/mol. The maximum Gasteiger partial charge on any atom is 0.224 e. The summed E-state index contributed by atoms with van der Waals surface area (Å²) in [6.45, 7) is 5.15. The summed E-state index contributed by atoms with van der Waals surface area (Å²) >= 11 is 0. The zero-order chi connectivity index (χ0) is 16.1. The van der Waals surface area contributed by atoms with Crippen molar-refractivity contribution >= 4 is 11.8 Å². The molecule has 22 heavy (non-hydrogen) atoms. The number of halogens is 1. The second kappa shape index (κ2) is 7.38. The van der Waals surface area contributed by atoms with Crippen molar-refractivity contribution < 1.29 is 14.0 Å². The number of rotatable bonds is 6. The summed E-state index contributed by atoms with van der Waals surface area (Å²) in [6, 6.07) is 6.23. The van der Waals surface area contributed by atoms with Crippen LogP contribution in [0.15, 0.2) is 24.3 Å². The minimum Gasteiger partial charge on any atom is -0.351 e. The first-order valence-electron chi connectivity index (χ1n) is 7.75. The molecule has 0 bridgehead atoms. The summed E-state index contributed by atoms with van der Waals surface area (Å²) in [5.41, 5.74) is 1.00. The maximum absolute atomic E-state index is 12.8. The quantitative estimate of drug-likeness (QED) is 0.875. The van der Waals surface area contributed by atoms with Crippen LogP contribution in [0.3, 0.4) is 0 Å². The summed E-state index contributed by atoms with van der Waals surface area (Å²) < 4.78 is 12.8.